The van der Waals surface area contributed by atoms with Gasteiger partial charge in [-0.05, 0) is 46.3 Å². The topological polar surface area (TPSA) is 53.6 Å². The summed E-state index contributed by atoms with van der Waals surface area (Å²) in [7, 11) is 3.81. The Balaban J connectivity index is 2.14. The minimum Gasteiger partial charge on any atom is -0.385 e. The van der Waals surface area contributed by atoms with E-state index in [0.717, 1.165) is 32.4 Å². The maximum atomic E-state index is 11.8. The van der Waals surface area contributed by atoms with Crippen molar-refractivity contribution in [1.29, 1.82) is 0 Å². The molecule has 18 heavy (non-hydrogen) atoms. The first-order valence-electron chi connectivity index (χ1n) is 6.84. The van der Waals surface area contributed by atoms with Crippen LogP contribution in [0.25, 0.3) is 0 Å². The van der Waals surface area contributed by atoms with Crippen molar-refractivity contribution in [2.45, 2.75) is 38.3 Å². The summed E-state index contributed by atoms with van der Waals surface area (Å²) in [4.78, 5) is 14.1. The molecule has 5 heteroatoms. The number of amides is 1. The maximum absolute atomic E-state index is 11.8. The number of methoxy groups -OCH3 is 1. The molecule has 1 saturated heterocycles. The SMILES string of the molecule is COCCCNC(=O)C(C)NC1CCN(C)CC1. The van der Waals surface area contributed by atoms with Crippen LogP contribution >= 0.6 is 0 Å². The highest BCUT2D eigenvalue weighted by Gasteiger charge is 2.20. The first kappa shape index (κ1) is 15.4. The van der Waals surface area contributed by atoms with Crippen LogP contribution in [0.5, 0.6) is 0 Å². The minimum absolute atomic E-state index is 0.0880. The first-order valence-corrected chi connectivity index (χ1v) is 6.84. The largest absolute Gasteiger partial charge is 0.385 e. The number of nitrogens with zero attached hydrogens (tertiary/aromatic N) is 1. The van der Waals surface area contributed by atoms with Crippen LogP contribution < -0.4 is 10.6 Å². The number of rotatable bonds is 7. The van der Waals surface area contributed by atoms with Gasteiger partial charge >= 0.3 is 0 Å². The Kier molecular flexibility index (Phi) is 7.23. The molecule has 1 rings (SSSR count). The first-order chi connectivity index (χ1) is 8.63. The number of nitrogens with one attached hydrogen (secondary N) is 2. The zero-order valence-corrected chi connectivity index (χ0v) is 11.9. The molecule has 0 aromatic heterocycles. The molecule has 1 amide bonds. The molecule has 5 nitrogen and oxygen atoms in total. The third-order valence-corrected chi connectivity index (χ3v) is 3.42. The highest BCUT2D eigenvalue weighted by molar-refractivity contribution is 5.81. The molecule has 1 aliphatic heterocycles. The predicted octanol–water partition coefficient (Wildman–Crippen LogP) is 0.211. The van der Waals surface area contributed by atoms with Crippen molar-refractivity contribution in [2.75, 3.05) is 40.4 Å². The van der Waals surface area contributed by atoms with Gasteiger partial charge in [0, 0.05) is 26.3 Å². The number of piperidine rings is 1. The Morgan fingerprint density at radius 2 is 2.11 bits per heavy atom. The lowest BCUT2D eigenvalue weighted by Crippen LogP contribution is -2.50. The lowest BCUT2D eigenvalue weighted by atomic mass is 10.0. The lowest BCUT2D eigenvalue weighted by molar-refractivity contribution is -0.123. The van der Waals surface area contributed by atoms with Crippen molar-refractivity contribution >= 4 is 5.91 Å². The highest BCUT2D eigenvalue weighted by atomic mass is 16.5. The number of carbonyl (C=O) groups excluding carboxylic acids is 1. The van der Waals surface area contributed by atoms with E-state index in [1.165, 1.54) is 0 Å². The van der Waals surface area contributed by atoms with Crippen molar-refractivity contribution in [1.82, 2.24) is 15.5 Å². The van der Waals surface area contributed by atoms with Crippen molar-refractivity contribution < 1.29 is 9.53 Å². The molecular formula is C13H27N3O2. The van der Waals surface area contributed by atoms with Gasteiger partial charge in [0.15, 0.2) is 0 Å². The lowest BCUT2D eigenvalue weighted by Gasteiger charge is -2.31. The van der Waals surface area contributed by atoms with Gasteiger partial charge in [0.05, 0.1) is 6.04 Å². The summed E-state index contributed by atoms with van der Waals surface area (Å²) in [6.07, 6.45) is 3.11. The number of hydrogen-bond acceptors (Lipinski definition) is 4. The molecule has 0 aromatic rings. The second-order valence-electron chi connectivity index (χ2n) is 5.10. The molecule has 0 spiro atoms. The van der Waals surface area contributed by atoms with Crippen molar-refractivity contribution in [3.05, 3.63) is 0 Å². The summed E-state index contributed by atoms with van der Waals surface area (Å²) in [6, 6.07) is 0.363. The van der Waals surface area contributed by atoms with Crippen LogP contribution in [0.4, 0.5) is 0 Å². The van der Waals surface area contributed by atoms with Crippen molar-refractivity contribution in [3.63, 3.8) is 0 Å². The Bertz CT molecular complexity index is 240. The van der Waals surface area contributed by atoms with Crippen LogP contribution in [-0.2, 0) is 9.53 Å². The van der Waals surface area contributed by atoms with Crippen LogP contribution in [0.3, 0.4) is 0 Å². The summed E-state index contributed by atoms with van der Waals surface area (Å²) in [6.45, 7) is 5.53. The molecule has 1 atom stereocenters. The molecule has 106 valence electrons. The van der Waals surface area contributed by atoms with Crippen molar-refractivity contribution in [2.24, 2.45) is 0 Å². The summed E-state index contributed by atoms with van der Waals surface area (Å²) >= 11 is 0. The van der Waals surface area contributed by atoms with Crippen LogP contribution in [0.1, 0.15) is 26.2 Å². The third kappa shape index (κ3) is 5.80. The molecule has 1 heterocycles. The molecule has 1 aliphatic rings. The summed E-state index contributed by atoms with van der Waals surface area (Å²) in [5, 5.41) is 6.33. The van der Waals surface area contributed by atoms with E-state index < -0.39 is 0 Å². The number of ether oxygens (including phenoxy) is 1. The molecular weight excluding hydrogens is 230 g/mol. The van der Waals surface area contributed by atoms with Gasteiger partial charge < -0.3 is 20.3 Å². The third-order valence-electron chi connectivity index (χ3n) is 3.42. The zero-order chi connectivity index (χ0) is 13.4. The van der Waals surface area contributed by atoms with Gasteiger partial charge in [-0.3, -0.25) is 4.79 Å². The quantitative estimate of drug-likeness (QED) is 0.640. The van der Waals surface area contributed by atoms with Crippen molar-refractivity contribution in [3.8, 4) is 0 Å². The van der Waals surface area contributed by atoms with Gasteiger partial charge in [0.25, 0.3) is 0 Å². The van der Waals surface area contributed by atoms with Crippen LogP contribution in [0.2, 0.25) is 0 Å². The van der Waals surface area contributed by atoms with E-state index in [2.05, 4.69) is 22.6 Å². The fraction of sp³-hybridized carbons (Fsp3) is 0.923. The summed E-state index contributed by atoms with van der Waals surface area (Å²) < 4.78 is 4.94. The second kappa shape index (κ2) is 8.45. The average molecular weight is 257 g/mol. The Morgan fingerprint density at radius 1 is 1.44 bits per heavy atom. The fourth-order valence-electron chi connectivity index (χ4n) is 2.19. The minimum atomic E-state index is -0.110. The van der Waals surface area contributed by atoms with Gasteiger partial charge in [-0.1, -0.05) is 0 Å². The van der Waals surface area contributed by atoms with Gasteiger partial charge in [0.1, 0.15) is 0 Å². The van der Waals surface area contributed by atoms with Crippen LogP contribution in [-0.4, -0.2) is 63.3 Å². The summed E-state index contributed by atoms with van der Waals surface area (Å²) in [5.41, 5.74) is 0. The average Bonchev–Trinajstić information content (AvgIpc) is 2.37. The van der Waals surface area contributed by atoms with E-state index in [0.29, 0.717) is 19.2 Å². The van der Waals surface area contributed by atoms with Crippen LogP contribution in [0, 0.1) is 0 Å². The molecule has 0 bridgehead atoms. The molecule has 1 unspecified atom stereocenters. The Hall–Kier alpha value is -0.650. The molecule has 0 aliphatic carbocycles. The zero-order valence-electron chi connectivity index (χ0n) is 11.9. The number of likely N-dealkylation sites (tertiary alicyclic amines) is 1. The smallest absolute Gasteiger partial charge is 0.236 e. The fourth-order valence-corrected chi connectivity index (χ4v) is 2.19. The monoisotopic (exact) mass is 257 g/mol. The molecule has 1 fully saturated rings. The van der Waals surface area contributed by atoms with E-state index in [1.54, 1.807) is 7.11 Å². The van der Waals surface area contributed by atoms with E-state index in [9.17, 15) is 4.79 Å². The molecule has 2 N–H and O–H groups in total. The van der Waals surface area contributed by atoms with Gasteiger partial charge in [-0.15, -0.1) is 0 Å². The standard InChI is InChI=1S/C13H27N3O2/c1-11(13(17)14-7-4-10-18-3)15-12-5-8-16(2)9-6-12/h11-12,15H,4-10H2,1-3H3,(H,14,17). The Labute approximate surface area is 110 Å². The van der Waals surface area contributed by atoms with Gasteiger partial charge in [-0.25, -0.2) is 0 Å². The number of hydrogen-bond donors (Lipinski definition) is 2. The van der Waals surface area contributed by atoms with Gasteiger partial charge in [0.2, 0.25) is 5.91 Å². The van der Waals surface area contributed by atoms with Crippen LogP contribution in [0.15, 0.2) is 0 Å². The summed E-state index contributed by atoms with van der Waals surface area (Å²) in [5.74, 6) is 0.0880. The predicted molar refractivity (Wildman–Crippen MR) is 72.6 cm³/mol. The highest BCUT2D eigenvalue weighted by Crippen LogP contribution is 2.08. The normalized spacial score (nSPS) is 19.7. The van der Waals surface area contributed by atoms with E-state index in [4.69, 9.17) is 4.74 Å². The van der Waals surface area contributed by atoms with E-state index >= 15 is 0 Å². The van der Waals surface area contributed by atoms with Gasteiger partial charge in [-0.2, -0.15) is 0 Å². The molecule has 0 saturated carbocycles. The van der Waals surface area contributed by atoms with E-state index in [-0.39, 0.29) is 11.9 Å². The molecule has 0 aromatic carbocycles. The number of carbonyl (C=O) groups is 1. The Morgan fingerprint density at radius 3 is 2.72 bits per heavy atom. The van der Waals surface area contributed by atoms with E-state index in [1.807, 2.05) is 6.92 Å². The maximum Gasteiger partial charge on any atom is 0.236 e. The molecule has 0 radical (unpaired) electrons. The second-order valence-corrected chi connectivity index (χ2v) is 5.10.